The first-order chi connectivity index (χ1) is 12.3. The molecule has 0 aliphatic heterocycles. The average molecular weight is 347 g/mol. The van der Waals surface area contributed by atoms with Crippen LogP contribution in [-0.4, -0.2) is 19.9 Å². The third-order valence-electron chi connectivity index (χ3n) is 3.80. The van der Waals surface area contributed by atoms with E-state index >= 15 is 0 Å². The van der Waals surface area contributed by atoms with Gasteiger partial charge in [-0.15, -0.1) is 0 Å². The fraction of sp³-hybridized carbons (Fsp3) is 0.0526. The standard InChI is InChI=1S/C19H13ClN5/c20-17-10-15(5-4-13(17)9-14-3-1-2-7-22-14)25-19-16-6-8-21-11-18(16)23-12-24-19/h1-7,10-12H,9H2,(H,23,24,25). The Kier molecular flexibility index (Phi) is 4.23. The fourth-order valence-corrected chi connectivity index (χ4v) is 2.80. The van der Waals surface area contributed by atoms with Crippen LogP contribution in [0.2, 0.25) is 5.02 Å². The summed E-state index contributed by atoms with van der Waals surface area (Å²) in [6.07, 6.45) is 8.44. The zero-order chi connectivity index (χ0) is 17.1. The summed E-state index contributed by atoms with van der Waals surface area (Å²) in [6, 6.07) is 13.5. The minimum atomic E-state index is 0.683. The molecule has 1 aromatic carbocycles. The highest BCUT2D eigenvalue weighted by atomic mass is 35.5. The number of benzene rings is 1. The van der Waals surface area contributed by atoms with Crippen molar-refractivity contribution in [1.82, 2.24) is 19.9 Å². The first-order valence-electron chi connectivity index (χ1n) is 7.72. The van der Waals surface area contributed by atoms with Crippen molar-refractivity contribution in [3.05, 3.63) is 83.7 Å². The van der Waals surface area contributed by atoms with E-state index in [-0.39, 0.29) is 0 Å². The quantitative estimate of drug-likeness (QED) is 0.599. The van der Waals surface area contributed by atoms with E-state index in [1.807, 2.05) is 36.4 Å². The van der Waals surface area contributed by atoms with Crippen LogP contribution in [-0.2, 0) is 6.42 Å². The van der Waals surface area contributed by atoms with Crippen LogP contribution in [0.25, 0.3) is 10.9 Å². The van der Waals surface area contributed by atoms with E-state index in [0.717, 1.165) is 27.8 Å². The van der Waals surface area contributed by atoms with Gasteiger partial charge in [0.2, 0.25) is 0 Å². The molecule has 1 N–H and O–H groups in total. The Morgan fingerprint density at radius 3 is 2.88 bits per heavy atom. The lowest BCUT2D eigenvalue weighted by Gasteiger charge is -2.10. The van der Waals surface area contributed by atoms with E-state index in [4.69, 9.17) is 11.6 Å². The number of fused-ring (bicyclic) bond motifs is 1. The number of anilines is 2. The summed E-state index contributed by atoms with van der Waals surface area (Å²) in [5.41, 5.74) is 3.62. The lowest BCUT2D eigenvalue weighted by atomic mass is 10.1. The van der Waals surface area contributed by atoms with Crippen LogP contribution in [0.5, 0.6) is 0 Å². The van der Waals surface area contributed by atoms with E-state index in [1.54, 1.807) is 18.5 Å². The van der Waals surface area contributed by atoms with Crippen molar-refractivity contribution in [3.8, 4) is 0 Å². The van der Waals surface area contributed by atoms with Gasteiger partial charge in [0, 0.05) is 34.4 Å². The van der Waals surface area contributed by atoms with Gasteiger partial charge in [0.15, 0.2) is 0 Å². The molecule has 0 atom stereocenters. The molecule has 4 rings (SSSR count). The zero-order valence-corrected chi connectivity index (χ0v) is 13.9. The van der Waals surface area contributed by atoms with Crippen LogP contribution in [0.1, 0.15) is 11.3 Å². The fourth-order valence-electron chi connectivity index (χ4n) is 2.56. The third-order valence-corrected chi connectivity index (χ3v) is 4.15. The Bertz CT molecular complexity index is 1020. The Morgan fingerprint density at radius 1 is 1.08 bits per heavy atom. The van der Waals surface area contributed by atoms with Crippen molar-refractivity contribution < 1.29 is 0 Å². The van der Waals surface area contributed by atoms with Crippen molar-refractivity contribution in [3.63, 3.8) is 0 Å². The first kappa shape index (κ1) is 15.5. The molecular formula is C19H13ClN5. The van der Waals surface area contributed by atoms with E-state index in [2.05, 4.69) is 31.4 Å². The molecule has 0 bridgehead atoms. The molecule has 0 saturated heterocycles. The van der Waals surface area contributed by atoms with E-state index in [0.29, 0.717) is 17.3 Å². The Hall–Kier alpha value is -3.05. The molecule has 0 aliphatic rings. The molecule has 6 heteroatoms. The maximum atomic E-state index is 6.45. The van der Waals surface area contributed by atoms with E-state index < -0.39 is 0 Å². The molecule has 0 fully saturated rings. The monoisotopic (exact) mass is 346 g/mol. The number of rotatable bonds is 4. The first-order valence-corrected chi connectivity index (χ1v) is 8.09. The zero-order valence-electron chi connectivity index (χ0n) is 13.1. The molecule has 0 amide bonds. The molecule has 0 spiro atoms. The number of hydrogen-bond acceptors (Lipinski definition) is 5. The van der Waals surface area contributed by atoms with Gasteiger partial charge in [-0.1, -0.05) is 23.7 Å². The normalized spacial score (nSPS) is 10.8. The number of aromatic nitrogens is 4. The van der Waals surface area contributed by atoms with Crippen LogP contribution < -0.4 is 5.32 Å². The highest BCUT2D eigenvalue weighted by Crippen LogP contribution is 2.27. The second kappa shape index (κ2) is 6.83. The molecule has 3 aromatic heterocycles. The van der Waals surface area contributed by atoms with Gasteiger partial charge in [0.25, 0.3) is 0 Å². The van der Waals surface area contributed by atoms with Crippen LogP contribution in [0.4, 0.5) is 11.5 Å². The summed E-state index contributed by atoms with van der Waals surface area (Å²) in [5.74, 6) is 0.692. The Labute approximate surface area is 149 Å². The molecule has 0 unspecified atom stereocenters. The second-order valence-electron chi connectivity index (χ2n) is 5.48. The molecule has 25 heavy (non-hydrogen) atoms. The van der Waals surface area contributed by atoms with Crippen molar-refractivity contribution in [1.29, 1.82) is 0 Å². The second-order valence-corrected chi connectivity index (χ2v) is 5.89. The SMILES string of the molecule is Clc1cc(Nc2ncnc3cn[c]cc23)ccc1Cc1ccccn1. The highest BCUT2D eigenvalue weighted by Gasteiger charge is 2.07. The van der Waals surface area contributed by atoms with Crippen LogP contribution in [0, 0.1) is 6.20 Å². The van der Waals surface area contributed by atoms with Gasteiger partial charge in [-0.25, -0.2) is 9.97 Å². The average Bonchev–Trinajstić information content (AvgIpc) is 2.65. The minimum absolute atomic E-state index is 0.683. The third kappa shape index (κ3) is 3.41. The van der Waals surface area contributed by atoms with Crippen LogP contribution >= 0.6 is 11.6 Å². The smallest absolute Gasteiger partial charge is 0.141 e. The molecule has 0 aliphatic carbocycles. The lowest BCUT2D eigenvalue weighted by Crippen LogP contribution is -1.98. The number of nitrogens with one attached hydrogen (secondary N) is 1. The van der Waals surface area contributed by atoms with Gasteiger partial charge >= 0.3 is 0 Å². The number of halogens is 1. The predicted octanol–water partition coefficient (Wildman–Crippen LogP) is 4.21. The van der Waals surface area contributed by atoms with Gasteiger partial charge in [0.1, 0.15) is 12.1 Å². The Morgan fingerprint density at radius 2 is 2.04 bits per heavy atom. The lowest BCUT2D eigenvalue weighted by molar-refractivity contribution is 1.07. The summed E-state index contributed by atoms with van der Waals surface area (Å²) in [4.78, 5) is 16.8. The molecule has 0 saturated carbocycles. The number of hydrogen-bond donors (Lipinski definition) is 1. The molecule has 3 heterocycles. The predicted molar refractivity (Wildman–Crippen MR) is 97.9 cm³/mol. The van der Waals surface area contributed by atoms with Crippen molar-refractivity contribution >= 4 is 34.0 Å². The maximum absolute atomic E-state index is 6.45. The van der Waals surface area contributed by atoms with Crippen molar-refractivity contribution in [2.75, 3.05) is 5.32 Å². The number of pyridine rings is 2. The topological polar surface area (TPSA) is 63.6 Å². The minimum Gasteiger partial charge on any atom is -0.340 e. The van der Waals surface area contributed by atoms with Gasteiger partial charge in [-0.05, 0) is 35.9 Å². The van der Waals surface area contributed by atoms with Crippen molar-refractivity contribution in [2.24, 2.45) is 0 Å². The number of nitrogens with zero attached hydrogens (tertiary/aromatic N) is 4. The van der Waals surface area contributed by atoms with Gasteiger partial charge in [0.05, 0.1) is 17.9 Å². The van der Waals surface area contributed by atoms with Gasteiger partial charge in [-0.2, -0.15) is 0 Å². The summed E-state index contributed by atoms with van der Waals surface area (Å²) >= 11 is 6.45. The molecule has 5 nitrogen and oxygen atoms in total. The summed E-state index contributed by atoms with van der Waals surface area (Å²) in [5, 5.41) is 4.82. The van der Waals surface area contributed by atoms with Gasteiger partial charge < -0.3 is 5.32 Å². The van der Waals surface area contributed by atoms with E-state index in [9.17, 15) is 0 Å². The molecule has 1 radical (unpaired) electrons. The van der Waals surface area contributed by atoms with Crippen LogP contribution in [0.15, 0.2) is 61.2 Å². The highest BCUT2D eigenvalue weighted by molar-refractivity contribution is 6.31. The molecular weight excluding hydrogens is 334 g/mol. The van der Waals surface area contributed by atoms with E-state index in [1.165, 1.54) is 6.33 Å². The molecule has 121 valence electrons. The van der Waals surface area contributed by atoms with Crippen LogP contribution in [0.3, 0.4) is 0 Å². The summed E-state index contributed by atoms with van der Waals surface area (Å²) in [7, 11) is 0. The Balaban J connectivity index is 1.60. The molecule has 4 aromatic rings. The maximum Gasteiger partial charge on any atom is 0.141 e. The summed E-state index contributed by atoms with van der Waals surface area (Å²) in [6.45, 7) is 0. The van der Waals surface area contributed by atoms with Gasteiger partial charge in [-0.3, -0.25) is 9.97 Å². The largest absolute Gasteiger partial charge is 0.340 e. The summed E-state index contributed by atoms with van der Waals surface area (Å²) < 4.78 is 0. The van der Waals surface area contributed by atoms with Crippen molar-refractivity contribution in [2.45, 2.75) is 6.42 Å².